The first-order valence-corrected chi connectivity index (χ1v) is 46.5. The highest BCUT2D eigenvalue weighted by molar-refractivity contribution is 7.47. The number of carbonyl (C=O) groups is 4. The smallest absolute Gasteiger partial charge is 0.462 e. The minimum absolute atomic E-state index is 0.108. The molecule has 17 nitrogen and oxygen atoms in total. The molecule has 0 aromatic rings. The molecular formula is C84H164O17P2. The third kappa shape index (κ3) is 76.6. The minimum atomic E-state index is -4.96. The maximum atomic E-state index is 13.1. The van der Waals surface area contributed by atoms with Gasteiger partial charge in [0.1, 0.15) is 19.3 Å². The Kier molecular flexibility index (Phi) is 74.1. The molecule has 0 rings (SSSR count). The number of ether oxygens (including phenoxy) is 4. The second-order valence-electron chi connectivity index (χ2n) is 30.9. The molecule has 612 valence electrons. The Balaban J connectivity index is 5.25. The second kappa shape index (κ2) is 75.5. The fraction of sp³-hybridized carbons (Fsp3) is 0.952. The van der Waals surface area contributed by atoms with Gasteiger partial charge in [0, 0.05) is 25.7 Å². The van der Waals surface area contributed by atoms with Crippen LogP contribution < -0.4 is 0 Å². The molecule has 0 aromatic carbocycles. The first-order valence-electron chi connectivity index (χ1n) is 43.5. The van der Waals surface area contributed by atoms with Crippen molar-refractivity contribution in [3.63, 3.8) is 0 Å². The van der Waals surface area contributed by atoms with Gasteiger partial charge in [0.25, 0.3) is 0 Å². The average Bonchev–Trinajstić information content (AvgIpc) is 0.908. The fourth-order valence-electron chi connectivity index (χ4n) is 13.0. The number of unbranched alkanes of at least 4 members (excludes halogenated alkanes) is 52. The van der Waals surface area contributed by atoms with Gasteiger partial charge in [-0.2, -0.15) is 0 Å². The van der Waals surface area contributed by atoms with Crippen molar-refractivity contribution in [3.8, 4) is 0 Å². The molecule has 0 saturated heterocycles. The van der Waals surface area contributed by atoms with Crippen LogP contribution >= 0.6 is 15.6 Å². The SMILES string of the molecule is CCCCCCCCCCCCCCCCCCCCCCCC(=O)O[C@H](COC(=O)CCCCCCCCCCCCCCCC(C)C)COP(=O)(O)OC[C@@H](O)COP(=O)(O)OC[C@@H](COC(=O)CCCCCCCCCCC(C)CC)OC(=O)CCCCCCCCCCCCCCCC. The average molecular weight is 1510 g/mol. The van der Waals surface area contributed by atoms with Gasteiger partial charge < -0.3 is 33.8 Å². The molecular weight excluding hydrogens is 1340 g/mol. The van der Waals surface area contributed by atoms with E-state index in [-0.39, 0.29) is 25.7 Å². The van der Waals surface area contributed by atoms with Crippen LogP contribution in [0.5, 0.6) is 0 Å². The predicted octanol–water partition coefficient (Wildman–Crippen LogP) is 25.5. The third-order valence-electron chi connectivity index (χ3n) is 20.1. The predicted molar refractivity (Wildman–Crippen MR) is 423 cm³/mol. The maximum Gasteiger partial charge on any atom is 0.472 e. The van der Waals surface area contributed by atoms with Gasteiger partial charge in [0.15, 0.2) is 12.2 Å². The van der Waals surface area contributed by atoms with Crippen molar-refractivity contribution in [1.82, 2.24) is 0 Å². The summed E-state index contributed by atoms with van der Waals surface area (Å²) < 4.78 is 68.8. The highest BCUT2D eigenvalue weighted by atomic mass is 31.2. The Morgan fingerprint density at radius 3 is 0.738 bits per heavy atom. The molecule has 3 unspecified atom stereocenters. The van der Waals surface area contributed by atoms with Crippen molar-refractivity contribution in [2.24, 2.45) is 11.8 Å². The Bertz CT molecular complexity index is 1980. The summed E-state index contributed by atoms with van der Waals surface area (Å²) in [5.74, 6) is -0.535. The fourth-order valence-corrected chi connectivity index (χ4v) is 14.6. The van der Waals surface area contributed by atoms with E-state index < -0.39 is 97.5 Å². The van der Waals surface area contributed by atoms with Gasteiger partial charge in [0.05, 0.1) is 26.4 Å². The number of esters is 4. The first-order chi connectivity index (χ1) is 49.9. The third-order valence-corrected chi connectivity index (χ3v) is 22.0. The molecule has 0 fully saturated rings. The van der Waals surface area contributed by atoms with E-state index in [4.69, 9.17) is 37.0 Å². The van der Waals surface area contributed by atoms with E-state index in [0.29, 0.717) is 25.7 Å². The van der Waals surface area contributed by atoms with E-state index in [1.807, 2.05) is 0 Å². The van der Waals surface area contributed by atoms with Crippen molar-refractivity contribution in [2.75, 3.05) is 39.6 Å². The summed E-state index contributed by atoms with van der Waals surface area (Å²) in [7, 11) is -9.93. The molecule has 6 atom stereocenters. The van der Waals surface area contributed by atoms with Crippen molar-refractivity contribution >= 4 is 39.5 Å². The van der Waals surface area contributed by atoms with Crippen LogP contribution in [-0.2, 0) is 65.4 Å². The number of aliphatic hydroxyl groups excluding tert-OH is 1. The molecule has 0 aliphatic carbocycles. The monoisotopic (exact) mass is 1510 g/mol. The molecule has 103 heavy (non-hydrogen) atoms. The zero-order valence-electron chi connectivity index (χ0n) is 67.6. The Labute approximate surface area is 632 Å². The summed E-state index contributed by atoms with van der Waals surface area (Å²) >= 11 is 0. The van der Waals surface area contributed by atoms with Crippen LogP contribution in [0.15, 0.2) is 0 Å². The molecule has 0 aliphatic heterocycles. The lowest BCUT2D eigenvalue weighted by atomic mass is 9.99. The van der Waals surface area contributed by atoms with Gasteiger partial charge in [-0.15, -0.1) is 0 Å². The van der Waals surface area contributed by atoms with E-state index in [1.54, 1.807) is 0 Å². The maximum absolute atomic E-state index is 13.1. The zero-order chi connectivity index (χ0) is 75.6. The minimum Gasteiger partial charge on any atom is -0.462 e. The lowest BCUT2D eigenvalue weighted by molar-refractivity contribution is -0.161. The Morgan fingerprint density at radius 2 is 0.495 bits per heavy atom. The molecule has 3 N–H and O–H groups in total. The number of hydrogen-bond donors (Lipinski definition) is 3. The molecule has 0 aromatic heterocycles. The quantitative estimate of drug-likeness (QED) is 0.0222. The first kappa shape index (κ1) is 101. The molecule has 0 radical (unpaired) electrons. The summed E-state index contributed by atoms with van der Waals surface area (Å²) in [4.78, 5) is 73.2. The number of aliphatic hydroxyl groups is 1. The zero-order valence-corrected chi connectivity index (χ0v) is 69.4. The van der Waals surface area contributed by atoms with Gasteiger partial charge in [-0.1, -0.05) is 395 Å². The van der Waals surface area contributed by atoms with Gasteiger partial charge >= 0.3 is 39.5 Å². The lowest BCUT2D eigenvalue weighted by Gasteiger charge is -2.21. The van der Waals surface area contributed by atoms with Crippen LogP contribution in [0.1, 0.15) is 446 Å². The van der Waals surface area contributed by atoms with Gasteiger partial charge in [-0.3, -0.25) is 37.3 Å². The second-order valence-corrected chi connectivity index (χ2v) is 33.8. The van der Waals surface area contributed by atoms with Crippen LogP contribution in [0.4, 0.5) is 0 Å². The summed E-state index contributed by atoms with van der Waals surface area (Å²) in [6, 6.07) is 0. The molecule has 0 heterocycles. The van der Waals surface area contributed by atoms with Crippen molar-refractivity contribution in [1.29, 1.82) is 0 Å². The summed E-state index contributed by atoms with van der Waals surface area (Å²) in [6.07, 6.45) is 66.6. The molecule has 19 heteroatoms. The van der Waals surface area contributed by atoms with Crippen molar-refractivity contribution in [3.05, 3.63) is 0 Å². The van der Waals surface area contributed by atoms with Gasteiger partial charge in [-0.05, 0) is 37.5 Å². The topological polar surface area (TPSA) is 237 Å². The number of phosphoric ester groups is 2. The van der Waals surface area contributed by atoms with E-state index in [9.17, 15) is 43.2 Å². The van der Waals surface area contributed by atoms with Crippen LogP contribution in [0.25, 0.3) is 0 Å². The normalized spacial score (nSPS) is 14.1. The summed E-state index contributed by atoms with van der Waals surface area (Å²) in [5, 5.41) is 10.7. The highest BCUT2D eigenvalue weighted by Gasteiger charge is 2.30. The van der Waals surface area contributed by atoms with Crippen LogP contribution in [-0.4, -0.2) is 96.7 Å². The van der Waals surface area contributed by atoms with Crippen LogP contribution in [0.2, 0.25) is 0 Å². The van der Waals surface area contributed by atoms with Crippen molar-refractivity contribution in [2.45, 2.75) is 464 Å². The van der Waals surface area contributed by atoms with E-state index in [0.717, 1.165) is 102 Å². The molecule has 0 bridgehead atoms. The standard InChI is InChI=1S/C84H164O17P2/c1-7-10-12-14-16-18-20-22-24-25-26-27-28-29-30-34-39-43-51-57-63-69-84(89)100-79(72-94-81(86)66-60-54-48-41-37-35-31-32-36-40-46-52-58-64-76(4)5)74-98-102(90,91)96-70-78(85)71-97-103(92,93)99-75-80(73-95-82(87)67-61-55-49-45-44-47-53-59-65-77(6)9-3)101-83(88)68-62-56-50-42-38-33-23-21-19-17-15-13-11-8-2/h76-80,85H,7-75H2,1-6H3,(H,90,91)(H,92,93)/t77?,78-,79-,80-/m1/s1. The van der Waals surface area contributed by atoms with Crippen LogP contribution in [0.3, 0.4) is 0 Å². The largest absolute Gasteiger partial charge is 0.472 e. The van der Waals surface area contributed by atoms with E-state index in [1.165, 1.54) is 263 Å². The lowest BCUT2D eigenvalue weighted by Crippen LogP contribution is -2.30. The Hall–Kier alpha value is -1.94. The van der Waals surface area contributed by atoms with E-state index >= 15 is 0 Å². The van der Waals surface area contributed by atoms with Gasteiger partial charge in [-0.25, -0.2) is 9.13 Å². The van der Waals surface area contributed by atoms with E-state index in [2.05, 4.69) is 41.5 Å². The molecule has 0 saturated carbocycles. The number of carbonyl (C=O) groups excluding carboxylic acids is 4. The molecule has 0 aliphatic rings. The number of rotatable bonds is 83. The van der Waals surface area contributed by atoms with Crippen LogP contribution in [0, 0.1) is 11.8 Å². The molecule has 0 amide bonds. The summed E-state index contributed by atoms with van der Waals surface area (Å²) in [6.45, 7) is 9.68. The molecule has 0 spiro atoms. The highest BCUT2D eigenvalue weighted by Crippen LogP contribution is 2.45. The summed E-state index contributed by atoms with van der Waals surface area (Å²) in [5.41, 5.74) is 0. The van der Waals surface area contributed by atoms with Gasteiger partial charge in [0.2, 0.25) is 0 Å². The number of phosphoric acid groups is 2. The Morgan fingerprint density at radius 1 is 0.282 bits per heavy atom. The van der Waals surface area contributed by atoms with Crippen molar-refractivity contribution < 1.29 is 80.2 Å². The number of hydrogen-bond acceptors (Lipinski definition) is 15.